The van der Waals surface area contributed by atoms with Gasteiger partial charge in [0.05, 0.1) is 6.04 Å². The zero-order valence-electron chi connectivity index (χ0n) is 22.2. The number of ether oxygens (including phenoxy) is 1. The maximum atomic E-state index is 13.9. The first-order valence-electron chi connectivity index (χ1n) is 13.0. The van der Waals surface area contributed by atoms with E-state index in [9.17, 15) is 9.59 Å². The fraction of sp³-hybridized carbons (Fsp3) is 0.400. The molecule has 4 rings (SSSR count). The standard InChI is InChI=1S/C30H38N2O3Si/c1-20(2)36(21(3)4,22(5)6)29-18-32(30(34)35-19-23-12-8-7-9-13-23)27(16-28(29)33)25-17-31-26-15-11-10-14-24(25)26/h7-15,17-18,20-22,27,31H,16,19H2,1-6H3. The molecule has 0 fully saturated rings. The third-order valence-electron chi connectivity index (χ3n) is 8.01. The summed E-state index contributed by atoms with van der Waals surface area (Å²) in [5.74, 6) is 0.167. The monoisotopic (exact) mass is 502 g/mol. The van der Waals surface area contributed by atoms with E-state index in [1.54, 1.807) is 4.90 Å². The summed E-state index contributed by atoms with van der Waals surface area (Å²) in [6, 6.07) is 17.3. The lowest BCUT2D eigenvalue weighted by Gasteiger charge is -2.47. The number of allylic oxidation sites excluding steroid dienone is 1. The number of para-hydroxylation sites is 1. The Kier molecular flexibility index (Phi) is 7.55. The van der Waals surface area contributed by atoms with E-state index in [4.69, 9.17) is 4.74 Å². The van der Waals surface area contributed by atoms with Crippen LogP contribution in [0.3, 0.4) is 0 Å². The number of rotatable bonds is 7. The highest BCUT2D eigenvalue weighted by molar-refractivity contribution is 6.93. The fourth-order valence-corrected chi connectivity index (χ4v) is 13.4. The van der Waals surface area contributed by atoms with Crippen molar-refractivity contribution in [3.8, 4) is 0 Å². The summed E-state index contributed by atoms with van der Waals surface area (Å²) in [5.41, 5.74) is 3.94. The summed E-state index contributed by atoms with van der Waals surface area (Å²) >= 11 is 0. The molecule has 190 valence electrons. The van der Waals surface area contributed by atoms with E-state index >= 15 is 0 Å². The first-order chi connectivity index (χ1) is 17.2. The van der Waals surface area contributed by atoms with Crippen molar-refractivity contribution in [1.29, 1.82) is 0 Å². The van der Waals surface area contributed by atoms with Gasteiger partial charge in [-0.25, -0.2) is 4.79 Å². The SMILES string of the molecule is CC(C)[Si](C1=CN(C(=O)OCc2ccccc2)C(c2c[nH]c3ccccc23)CC1=O)(C(C)C)C(C)C. The predicted octanol–water partition coefficient (Wildman–Crippen LogP) is 7.92. The number of amides is 1. The van der Waals surface area contributed by atoms with Crippen LogP contribution < -0.4 is 0 Å². The topological polar surface area (TPSA) is 62.4 Å². The Morgan fingerprint density at radius 1 is 0.972 bits per heavy atom. The highest BCUT2D eigenvalue weighted by Crippen LogP contribution is 2.49. The van der Waals surface area contributed by atoms with E-state index in [0.717, 1.165) is 27.2 Å². The summed E-state index contributed by atoms with van der Waals surface area (Å²) in [6.45, 7) is 13.6. The number of carbonyl (C=O) groups is 2. The van der Waals surface area contributed by atoms with Crippen LogP contribution in [0.1, 0.15) is 65.1 Å². The van der Waals surface area contributed by atoms with Gasteiger partial charge in [0.25, 0.3) is 0 Å². The second-order valence-corrected chi connectivity index (χ2v) is 16.7. The summed E-state index contributed by atoms with van der Waals surface area (Å²) in [4.78, 5) is 32.6. The van der Waals surface area contributed by atoms with Crippen molar-refractivity contribution in [3.63, 3.8) is 0 Å². The summed E-state index contributed by atoms with van der Waals surface area (Å²) in [7, 11) is -2.28. The number of nitrogens with one attached hydrogen (secondary N) is 1. The largest absolute Gasteiger partial charge is 0.444 e. The van der Waals surface area contributed by atoms with Gasteiger partial charge in [-0.2, -0.15) is 0 Å². The van der Waals surface area contributed by atoms with Crippen LogP contribution in [0.4, 0.5) is 4.79 Å². The van der Waals surface area contributed by atoms with Crippen LogP contribution >= 0.6 is 0 Å². The molecule has 3 aromatic rings. The number of nitrogens with zero attached hydrogens (tertiary/aromatic N) is 1. The molecule has 1 atom stereocenters. The maximum absolute atomic E-state index is 13.9. The molecule has 5 nitrogen and oxygen atoms in total. The van der Waals surface area contributed by atoms with Gasteiger partial charge < -0.3 is 9.72 Å². The average molecular weight is 503 g/mol. The number of hydrogen-bond acceptors (Lipinski definition) is 3. The quantitative estimate of drug-likeness (QED) is 0.334. The molecule has 0 saturated heterocycles. The average Bonchev–Trinajstić information content (AvgIpc) is 3.27. The molecule has 2 aromatic carbocycles. The molecule has 0 radical (unpaired) electrons. The van der Waals surface area contributed by atoms with Crippen LogP contribution in [-0.4, -0.2) is 29.8 Å². The van der Waals surface area contributed by atoms with E-state index in [1.807, 2.05) is 67.0 Å². The minimum atomic E-state index is -2.28. The lowest BCUT2D eigenvalue weighted by molar-refractivity contribution is -0.116. The molecule has 1 amide bonds. The van der Waals surface area contributed by atoms with Crippen LogP contribution in [0.5, 0.6) is 0 Å². The van der Waals surface area contributed by atoms with E-state index in [0.29, 0.717) is 16.6 Å². The second kappa shape index (κ2) is 10.5. The Labute approximate surface area is 215 Å². The molecule has 2 heterocycles. The highest BCUT2D eigenvalue weighted by Gasteiger charge is 2.51. The number of benzene rings is 2. The fourth-order valence-electron chi connectivity index (χ4n) is 6.57. The first kappa shape index (κ1) is 26.0. The van der Waals surface area contributed by atoms with Gasteiger partial charge in [0.15, 0.2) is 5.78 Å². The number of ketones is 1. The normalized spacial score (nSPS) is 16.8. The number of Topliss-reactive ketones (excluding diaryl/α,β-unsaturated/α-hetero) is 1. The van der Waals surface area contributed by atoms with Crippen molar-refractivity contribution >= 4 is 30.9 Å². The smallest absolute Gasteiger partial charge is 0.414 e. The van der Waals surface area contributed by atoms with Gasteiger partial charge in [-0.1, -0.05) is 90.1 Å². The zero-order chi connectivity index (χ0) is 26.0. The molecule has 1 N–H and O–H groups in total. The van der Waals surface area contributed by atoms with Gasteiger partial charge in [-0.3, -0.25) is 9.69 Å². The molecule has 1 aliphatic heterocycles. The molecule has 0 spiro atoms. The predicted molar refractivity (Wildman–Crippen MR) is 148 cm³/mol. The van der Waals surface area contributed by atoms with E-state index in [-0.39, 0.29) is 18.8 Å². The minimum absolute atomic E-state index is 0.167. The number of H-pyrrole nitrogens is 1. The lowest BCUT2D eigenvalue weighted by atomic mass is 9.97. The zero-order valence-corrected chi connectivity index (χ0v) is 23.2. The molecule has 0 bridgehead atoms. The van der Waals surface area contributed by atoms with Crippen molar-refractivity contribution in [2.45, 2.75) is 77.2 Å². The molecular formula is C30H38N2O3Si. The molecule has 0 saturated carbocycles. The summed E-state index contributed by atoms with van der Waals surface area (Å²) in [5, 5.41) is 1.89. The van der Waals surface area contributed by atoms with Gasteiger partial charge in [0, 0.05) is 35.3 Å². The van der Waals surface area contributed by atoms with Gasteiger partial charge in [-0.05, 0) is 33.4 Å². The van der Waals surface area contributed by atoms with Gasteiger partial charge in [0.1, 0.15) is 14.7 Å². The number of fused-ring (bicyclic) bond motifs is 1. The lowest BCUT2D eigenvalue weighted by Crippen LogP contribution is -2.52. The number of aromatic nitrogens is 1. The first-order valence-corrected chi connectivity index (χ1v) is 15.2. The molecule has 1 aromatic heterocycles. The maximum Gasteiger partial charge on any atom is 0.414 e. The molecule has 36 heavy (non-hydrogen) atoms. The number of aromatic amines is 1. The van der Waals surface area contributed by atoms with Crippen molar-refractivity contribution in [3.05, 3.63) is 83.3 Å². The van der Waals surface area contributed by atoms with Crippen LogP contribution in [0.25, 0.3) is 10.9 Å². The summed E-state index contributed by atoms with van der Waals surface area (Å²) < 4.78 is 5.82. The Morgan fingerprint density at radius 2 is 1.58 bits per heavy atom. The van der Waals surface area contributed by atoms with Crippen LogP contribution in [0.2, 0.25) is 16.6 Å². The van der Waals surface area contributed by atoms with Gasteiger partial charge in [0.2, 0.25) is 0 Å². The molecular weight excluding hydrogens is 464 g/mol. The van der Waals surface area contributed by atoms with Crippen molar-refractivity contribution < 1.29 is 14.3 Å². The second-order valence-electron chi connectivity index (χ2n) is 10.8. The number of hydrogen-bond donors (Lipinski definition) is 1. The third-order valence-corrected chi connectivity index (χ3v) is 15.1. The molecule has 1 unspecified atom stereocenters. The van der Waals surface area contributed by atoms with Gasteiger partial charge >= 0.3 is 6.09 Å². The Hall–Kier alpha value is -3.12. The van der Waals surface area contributed by atoms with E-state index in [2.05, 4.69) is 46.5 Å². The highest BCUT2D eigenvalue weighted by atomic mass is 28.3. The Morgan fingerprint density at radius 3 is 2.22 bits per heavy atom. The third kappa shape index (κ3) is 4.54. The van der Waals surface area contributed by atoms with Crippen LogP contribution in [0.15, 0.2) is 72.2 Å². The molecule has 1 aliphatic rings. The van der Waals surface area contributed by atoms with E-state index in [1.165, 1.54) is 0 Å². The van der Waals surface area contributed by atoms with Crippen LogP contribution in [0, 0.1) is 0 Å². The molecule has 0 aliphatic carbocycles. The summed E-state index contributed by atoms with van der Waals surface area (Å²) in [6.07, 6.45) is 3.64. The number of carbonyl (C=O) groups excluding carboxylic acids is 2. The Bertz CT molecular complexity index is 1240. The van der Waals surface area contributed by atoms with Crippen molar-refractivity contribution in [2.75, 3.05) is 0 Å². The van der Waals surface area contributed by atoms with E-state index < -0.39 is 20.2 Å². The van der Waals surface area contributed by atoms with Gasteiger partial charge in [-0.15, -0.1) is 0 Å². The van der Waals surface area contributed by atoms with Crippen LogP contribution in [-0.2, 0) is 16.1 Å². The minimum Gasteiger partial charge on any atom is -0.444 e. The molecule has 6 heteroatoms. The van der Waals surface area contributed by atoms with Crippen molar-refractivity contribution in [2.24, 2.45) is 0 Å². The Balaban J connectivity index is 1.81. The van der Waals surface area contributed by atoms with Crippen molar-refractivity contribution in [1.82, 2.24) is 9.88 Å².